The van der Waals surface area contributed by atoms with Crippen LogP contribution in [0.1, 0.15) is 34.8 Å². The van der Waals surface area contributed by atoms with Crippen LogP contribution in [0.5, 0.6) is 11.5 Å². The minimum atomic E-state index is 0.0213. The maximum absolute atomic E-state index is 13.1. The quantitative estimate of drug-likeness (QED) is 0.759. The summed E-state index contributed by atoms with van der Waals surface area (Å²) in [6.07, 6.45) is 7.38. The van der Waals surface area contributed by atoms with Gasteiger partial charge >= 0.3 is 0 Å². The van der Waals surface area contributed by atoms with Gasteiger partial charge in [0, 0.05) is 48.2 Å². The van der Waals surface area contributed by atoms with Crippen molar-refractivity contribution in [2.75, 3.05) is 19.9 Å². The number of piperidine rings is 1. The number of carbonyl (C=O) groups is 1. The van der Waals surface area contributed by atoms with E-state index in [1.54, 1.807) is 30.6 Å². The molecule has 0 unspecified atom stereocenters. The van der Waals surface area contributed by atoms with Gasteiger partial charge in [0.25, 0.3) is 5.91 Å². The zero-order chi connectivity index (χ0) is 18.9. The molecule has 3 aromatic rings. The topological polar surface area (TPSA) is 80.3 Å². The number of H-pyrrole nitrogens is 1. The Morgan fingerprint density at radius 1 is 1.14 bits per heavy atom. The Labute approximate surface area is 162 Å². The highest BCUT2D eigenvalue weighted by Gasteiger charge is 2.29. The molecule has 5 rings (SSSR count). The van der Waals surface area contributed by atoms with E-state index in [0.29, 0.717) is 23.6 Å². The van der Waals surface area contributed by atoms with Crippen LogP contribution in [0.3, 0.4) is 0 Å². The Hall–Kier alpha value is -3.35. The van der Waals surface area contributed by atoms with Gasteiger partial charge in [-0.25, -0.2) is 0 Å². The largest absolute Gasteiger partial charge is 0.454 e. The number of hydrogen-bond donors (Lipinski definition) is 1. The van der Waals surface area contributed by atoms with Gasteiger partial charge in [-0.05, 0) is 48.7 Å². The van der Waals surface area contributed by atoms with Crippen molar-refractivity contribution >= 4 is 5.91 Å². The summed E-state index contributed by atoms with van der Waals surface area (Å²) >= 11 is 0. The van der Waals surface area contributed by atoms with Crippen molar-refractivity contribution < 1.29 is 14.3 Å². The van der Waals surface area contributed by atoms with Gasteiger partial charge in [-0.3, -0.25) is 14.9 Å². The van der Waals surface area contributed by atoms with Gasteiger partial charge in [0.15, 0.2) is 11.5 Å². The number of aromatic amines is 1. The Morgan fingerprint density at radius 3 is 2.89 bits per heavy atom. The van der Waals surface area contributed by atoms with Crippen molar-refractivity contribution in [3.8, 4) is 22.6 Å². The van der Waals surface area contributed by atoms with Crippen LogP contribution in [0.4, 0.5) is 0 Å². The number of likely N-dealkylation sites (tertiary alicyclic amines) is 1. The fourth-order valence-electron chi connectivity index (χ4n) is 3.98. The lowest BCUT2D eigenvalue weighted by atomic mass is 9.90. The van der Waals surface area contributed by atoms with Crippen LogP contribution < -0.4 is 9.47 Å². The third kappa shape index (κ3) is 2.98. The second-order valence-corrected chi connectivity index (χ2v) is 7.09. The van der Waals surface area contributed by atoms with E-state index >= 15 is 0 Å². The molecule has 28 heavy (non-hydrogen) atoms. The van der Waals surface area contributed by atoms with Gasteiger partial charge < -0.3 is 14.4 Å². The lowest BCUT2D eigenvalue weighted by Crippen LogP contribution is -2.39. The third-order valence-corrected chi connectivity index (χ3v) is 5.40. The summed E-state index contributed by atoms with van der Waals surface area (Å²) in [5.41, 5.74) is 3.86. The maximum atomic E-state index is 13.1. The van der Waals surface area contributed by atoms with Crippen LogP contribution in [0.2, 0.25) is 0 Å². The lowest BCUT2D eigenvalue weighted by Gasteiger charge is -2.33. The zero-order valence-corrected chi connectivity index (χ0v) is 15.3. The average molecular weight is 376 g/mol. The van der Waals surface area contributed by atoms with Crippen LogP contribution in [0, 0.1) is 0 Å². The first-order valence-electron chi connectivity index (χ1n) is 9.42. The average Bonchev–Trinajstić information content (AvgIpc) is 3.43. The van der Waals surface area contributed by atoms with Gasteiger partial charge in [0.1, 0.15) is 0 Å². The van der Waals surface area contributed by atoms with Gasteiger partial charge in [0.2, 0.25) is 6.79 Å². The number of rotatable bonds is 3. The molecule has 0 radical (unpaired) electrons. The van der Waals surface area contributed by atoms with E-state index in [9.17, 15) is 4.79 Å². The first-order valence-corrected chi connectivity index (χ1v) is 9.42. The normalized spacial score (nSPS) is 18.3. The number of carbonyl (C=O) groups excluding carboxylic acids is 1. The summed E-state index contributed by atoms with van der Waals surface area (Å²) < 4.78 is 10.7. The van der Waals surface area contributed by atoms with Gasteiger partial charge in [-0.2, -0.15) is 5.10 Å². The van der Waals surface area contributed by atoms with Crippen LogP contribution in [0.25, 0.3) is 11.1 Å². The number of nitrogens with one attached hydrogen (secondary N) is 1. The van der Waals surface area contributed by atoms with Crippen molar-refractivity contribution in [2.45, 2.75) is 18.8 Å². The lowest BCUT2D eigenvalue weighted by molar-refractivity contribution is 0.0705. The molecule has 1 fully saturated rings. The number of ether oxygens (including phenoxy) is 2. The summed E-state index contributed by atoms with van der Waals surface area (Å²) in [5, 5.41) is 7.42. The summed E-state index contributed by atoms with van der Waals surface area (Å²) in [6.45, 7) is 1.62. The van der Waals surface area contributed by atoms with E-state index < -0.39 is 0 Å². The number of nitrogens with zero attached hydrogens (tertiary/aromatic N) is 3. The predicted octanol–water partition coefficient (Wildman–Crippen LogP) is 3.22. The predicted molar refractivity (Wildman–Crippen MR) is 102 cm³/mol. The number of benzene rings is 1. The van der Waals surface area contributed by atoms with Crippen LogP contribution in [-0.2, 0) is 0 Å². The highest BCUT2D eigenvalue weighted by atomic mass is 16.7. The maximum Gasteiger partial charge on any atom is 0.254 e. The number of hydrogen-bond acceptors (Lipinski definition) is 5. The van der Waals surface area contributed by atoms with Gasteiger partial charge in [-0.1, -0.05) is 0 Å². The summed E-state index contributed by atoms with van der Waals surface area (Å²) in [4.78, 5) is 19.1. The molecule has 2 aliphatic heterocycles. The highest BCUT2D eigenvalue weighted by Crippen LogP contribution is 2.35. The standard InChI is InChI=1S/C21H20N4O3/c26-21(15-3-4-18-19(10-15)28-13-27-18)25-9-1-2-16(12-25)20-17(11-23-24-20)14-5-7-22-8-6-14/h3-8,10-11,16H,1-2,9,12-13H2,(H,23,24)/t16-/m0/s1. The highest BCUT2D eigenvalue weighted by molar-refractivity contribution is 5.95. The number of amides is 1. The number of pyridine rings is 1. The molecule has 4 heterocycles. The van der Waals surface area contributed by atoms with Crippen LogP contribution in [0.15, 0.2) is 48.9 Å². The zero-order valence-electron chi connectivity index (χ0n) is 15.3. The van der Waals surface area contributed by atoms with Gasteiger partial charge in [0.05, 0.1) is 6.20 Å². The smallest absolute Gasteiger partial charge is 0.254 e. The van der Waals surface area contributed by atoms with E-state index in [4.69, 9.17) is 9.47 Å². The van der Waals surface area contributed by atoms with Crippen molar-refractivity contribution in [1.29, 1.82) is 0 Å². The number of fused-ring (bicyclic) bond motifs is 1. The molecule has 0 bridgehead atoms. The third-order valence-electron chi connectivity index (χ3n) is 5.40. The summed E-state index contributed by atoms with van der Waals surface area (Å²) in [5.74, 6) is 1.56. The van der Waals surface area contributed by atoms with Crippen molar-refractivity contribution in [2.24, 2.45) is 0 Å². The molecule has 1 amide bonds. The minimum absolute atomic E-state index is 0.0213. The molecule has 1 aromatic carbocycles. The van der Waals surface area contributed by atoms with Crippen molar-refractivity contribution in [3.63, 3.8) is 0 Å². The van der Waals surface area contributed by atoms with Crippen molar-refractivity contribution in [3.05, 3.63) is 60.2 Å². The van der Waals surface area contributed by atoms with E-state index in [1.165, 1.54) is 0 Å². The van der Waals surface area contributed by atoms with E-state index in [0.717, 1.165) is 36.2 Å². The molecule has 2 aliphatic rings. The molecule has 1 N–H and O–H groups in total. The minimum Gasteiger partial charge on any atom is -0.454 e. The molecular weight excluding hydrogens is 356 g/mol. The summed E-state index contributed by atoms with van der Waals surface area (Å²) in [7, 11) is 0. The fourth-order valence-corrected chi connectivity index (χ4v) is 3.98. The van der Waals surface area contributed by atoms with Gasteiger partial charge in [-0.15, -0.1) is 0 Å². The summed E-state index contributed by atoms with van der Waals surface area (Å²) in [6, 6.07) is 9.33. The molecule has 142 valence electrons. The van der Waals surface area contributed by atoms with E-state index in [1.807, 2.05) is 23.2 Å². The Bertz CT molecular complexity index is 1000. The monoisotopic (exact) mass is 376 g/mol. The second-order valence-electron chi connectivity index (χ2n) is 7.09. The van der Waals surface area contributed by atoms with E-state index in [2.05, 4.69) is 15.2 Å². The van der Waals surface area contributed by atoms with Crippen LogP contribution in [-0.4, -0.2) is 45.9 Å². The van der Waals surface area contributed by atoms with Crippen LogP contribution >= 0.6 is 0 Å². The molecule has 1 atom stereocenters. The molecular formula is C21H20N4O3. The first kappa shape index (κ1) is 16.8. The Kier molecular flexibility index (Phi) is 4.20. The second kappa shape index (κ2) is 6.99. The molecule has 1 saturated heterocycles. The number of aromatic nitrogens is 3. The molecule has 0 saturated carbocycles. The SMILES string of the molecule is O=C(c1ccc2c(c1)OCO2)N1CCC[C@H](c2[nH]ncc2-c2ccncc2)C1. The Balaban J connectivity index is 1.37. The molecule has 7 nitrogen and oxygen atoms in total. The molecule has 2 aromatic heterocycles. The van der Waals surface area contributed by atoms with Crippen molar-refractivity contribution in [1.82, 2.24) is 20.1 Å². The fraction of sp³-hybridized carbons (Fsp3) is 0.286. The van der Waals surface area contributed by atoms with E-state index in [-0.39, 0.29) is 18.6 Å². The Morgan fingerprint density at radius 2 is 2.00 bits per heavy atom. The molecule has 0 spiro atoms. The molecule has 0 aliphatic carbocycles. The molecule has 7 heteroatoms. The first-order chi connectivity index (χ1) is 13.8.